The third-order valence-electron chi connectivity index (χ3n) is 3.47. The normalized spacial score (nSPS) is 12.1. The lowest BCUT2D eigenvalue weighted by molar-refractivity contribution is -0.138. The molecule has 0 saturated carbocycles. The van der Waals surface area contributed by atoms with Gasteiger partial charge in [0.2, 0.25) is 0 Å². The molecule has 2 rings (SSSR count). The van der Waals surface area contributed by atoms with E-state index in [0.717, 1.165) is 5.39 Å². The van der Waals surface area contributed by atoms with E-state index in [-0.39, 0.29) is 18.4 Å². The minimum atomic E-state index is -0.912. The lowest BCUT2D eigenvalue weighted by Crippen LogP contribution is -2.39. The van der Waals surface area contributed by atoms with E-state index in [1.807, 2.05) is 31.2 Å². The topological polar surface area (TPSA) is 70.5 Å². The Bertz CT molecular complexity index is 664. The van der Waals surface area contributed by atoms with Crippen LogP contribution in [0.1, 0.15) is 30.6 Å². The van der Waals surface area contributed by atoms with Crippen LogP contribution in [0, 0.1) is 0 Å². The van der Waals surface area contributed by atoms with Crippen molar-refractivity contribution < 1.29 is 14.7 Å². The highest BCUT2D eigenvalue weighted by Gasteiger charge is 2.23. The molecule has 1 unspecified atom stereocenters. The summed E-state index contributed by atoms with van der Waals surface area (Å²) in [6.45, 7) is 4.04. The number of carbonyl (C=O) groups is 2. The summed E-state index contributed by atoms with van der Waals surface area (Å²) < 4.78 is 0. The predicted molar refractivity (Wildman–Crippen MR) is 80.2 cm³/mol. The molecule has 1 N–H and O–H groups in total. The molecule has 1 aromatic heterocycles. The molecule has 1 atom stereocenters. The number of carbonyl (C=O) groups excluding carboxylic acids is 1. The van der Waals surface area contributed by atoms with E-state index < -0.39 is 5.97 Å². The summed E-state index contributed by atoms with van der Waals surface area (Å²) in [7, 11) is 0. The van der Waals surface area contributed by atoms with Crippen LogP contribution in [0.15, 0.2) is 36.5 Å². The van der Waals surface area contributed by atoms with Crippen LogP contribution >= 0.6 is 0 Å². The van der Waals surface area contributed by atoms with Crippen molar-refractivity contribution in [2.24, 2.45) is 0 Å². The molecule has 0 radical (unpaired) electrons. The smallest absolute Gasteiger partial charge is 0.305 e. The van der Waals surface area contributed by atoms with E-state index in [1.54, 1.807) is 24.1 Å². The molecule has 0 aliphatic heterocycles. The molecule has 5 heteroatoms. The molecule has 0 saturated heterocycles. The number of fused-ring (bicyclic) bond motifs is 1. The molecular weight excluding hydrogens is 268 g/mol. The maximum absolute atomic E-state index is 12.7. The Hall–Kier alpha value is -2.43. The fourth-order valence-electron chi connectivity index (χ4n) is 2.45. The highest BCUT2D eigenvalue weighted by molar-refractivity contribution is 6.05. The Labute approximate surface area is 123 Å². The van der Waals surface area contributed by atoms with Crippen LogP contribution in [-0.2, 0) is 4.79 Å². The average molecular weight is 286 g/mol. The number of hydrogen-bond donors (Lipinski definition) is 1. The fourth-order valence-corrected chi connectivity index (χ4v) is 2.45. The van der Waals surface area contributed by atoms with E-state index in [4.69, 9.17) is 5.11 Å². The summed E-state index contributed by atoms with van der Waals surface area (Å²) in [5, 5.41) is 9.80. The van der Waals surface area contributed by atoms with Gasteiger partial charge in [0.25, 0.3) is 5.91 Å². The number of hydrogen-bond acceptors (Lipinski definition) is 3. The summed E-state index contributed by atoms with van der Waals surface area (Å²) in [5.74, 6) is -1.10. The van der Waals surface area contributed by atoms with E-state index in [0.29, 0.717) is 17.6 Å². The SMILES string of the molecule is CCN(C(=O)c1cccc2cccnc12)C(C)CC(=O)O. The number of nitrogens with zero attached hydrogens (tertiary/aromatic N) is 2. The van der Waals surface area contributed by atoms with Gasteiger partial charge in [-0.2, -0.15) is 0 Å². The Morgan fingerprint density at radius 2 is 2.00 bits per heavy atom. The van der Waals surface area contributed by atoms with Crippen molar-refractivity contribution >= 4 is 22.8 Å². The van der Waals surface area contributed by atoms with Gasteiger partial charge in [0.15, 0.2) is 0 Å². The Morgan fingerprint density at radius 1 is 1.29 bits per heavy atom. The number of benzene rings is 1. The lowest BCUT2D eigenvalue weighted by atomic mass is 10.1. The van der Waals surface area contributed by atoms with E-state index in [2.05, 4.69) is 4.98 Å². The van der Waals surface area contributed by atoms with Crippen LogP contribution < -0.4 is 0 Å². The van der Waals surface area contributed by atoms with Gasteiger partial charge in [-0.1, -0.05) is 18.2 Å². The molecule has 1 amide bonds. The van der Waals surface area contributed by atoms with E-state index >= 15 is 0 Å². The van der Waals surface area contributed by atoms with Crippen molar-refractivity contribution in [2.45, 2.75) is 26.3 Å². The van der Waals surface area contributed by atoms with Crippen LogP contribution in [0.3, 0.4) is 0 Å². The molecule has 0 bridgehead atoms. The first kappa shape index (κ1) is 15.0. The monoisotopic (exact) mass is 286 g/mol. The third kappa shape index (κ3) is 3.18. The molecule has 110 valence electrons. The van der Waals surface area contributed by atoms with Crippen LogP contribution in [0.2, 0.25) is 0 Å². The van der Waals surface area contributed by atoms with Crippen molar-refractivity contribution in [3.05, 3.63) is 42.1 Å². The summed E-state index contributed by atoms with van der Waals surface area (Å²) in [4.78, 5) is 29.4. The maximum atomic E-state index is 12.7. The number of aromatic nitrogens is 1. The fraction of sp³-hybridized carbons (Fsp3) is 0.312. The summed E-state index contributed by atoms with van der Waals surface area (Å²) in [6.07, 6.45) is 1.58. The molecule has 5 nitrogen and oxygen atoms in total. The van der Waals surface area contributed by atoms with Crippen molar-refractivity contribution in [3.8, 4) is 0 Å². The second-order valence-corrected chi connectivity index (χ2v) is 4.92. The Morgan fingerprint density at radius 3 is 2.67 bits per heavy atom. The van der Waals surface area contributed by atoms with Crippen molar-refractivity contribution in [2.75, 3.05) is 6.54 Å². The van der Waals surface area contributed by atoms with Gasteiger partial charge in [-0.15, -0.1) is 0 Å². The van der Waals surface area contributed by atoms with Crippen molar-refractivity contribution in [3.63, 3.8) is 0 Å². The van der Waals surface area contributed by atoms with Crippen LogP contribution in [-0.4, -0.2) is 39.5 Å². The first-order valence-electron chi connectivity index (χ1n) is 6.91. The van der Waals surface area contributed by atoms with E-state index in [1.165, 1.54) is 0 Å². The van der Waals surface area contributed by atoms with Gasteiger partial charge in [0.1, 0.15) is 0 Å². The molecule has 2 aromatic rings. The standard InChI is InChI=1S/C16H18N2O3/c1-3-18(11(2)10-14(19)20)16(21)13-8-4-6-12-7-5-9-17-15(12)13/h4-9,11H,3,10H2,1-2H3,(H,19,20). The summed E-state index contributed by atoms with van der Waals surface area (Å²) >= 11 is 0. The van der Waals surface area contributed by atoms with Gasteiger partial charge in [0, 0.05) is 24.2 Å². The molecule has 0 fully saturated rings. The van der Waals surface area contributed by atoms with Crippen molar-refractivity contribution in [1.29, 1.82) is 0 Å². The number of pyridine rings is 1. The molecule has 21 heavy (non-hydrogen) atoms. The first-order valence-corrected chi connectivity index (χ1v) is 6.91. The third-order valence-corrected chi connectivity index (χ3v) is 3.47. The number of carboxylic acids is 1. The minimum absolute atomic E-state index is 0.0717. The zero-order valence-electron chi connectivity index (χ0n) is 12.1. The van der Waals surface area contributed by atoms with Gasteiger partial charge >= 0.3 is 5.97 Å². The molecule has 0 aliphatic carbocycles. The molecule has 0 spiro atoms. The Kier molecular flexibility index (Phi) is 4.52. The molecular formula is C16H18N2O3. The molecule has 1 aromatic carbocycles. The average Bonchev–Trinajstić information content (AvgIpc) is 2.46. The number of amides is 1. The maximum Gasteiger partial charge on any atom is 0.305 e. The number of aliphatic carboxylic acids is 1. The minimum Gasteiger partial charge on any atom is -0.481 e. The first-order chi connectivity index (χ1) is 10.0. The summed E-state index contributed by atoms with van der Waals surface area (Å²) in [6, 6.07) is 8.80. The number of para-hydroxylation sites is 1. The molecule has 0 aliphatic rings. The highest BCUT2D eigenvalue weighted by atomic mass is 16.4. The van der Waals surface area contributed by atoms with Crippen LogP contribution in [0.5, 0.6) is 0 Å². The van der Waals surface area contributed by atoms with Crippen molar-refractivity contribution in [1.82, 2.24) is 9.88 Å². The lowest BCUT2D eigenvalue weighted by Gasteiger charge is -2.27. The zero-order chi connectivity index (χ0) is 15.4. The van der Waals surface area contributed by atoms with Gasteiger partial charge < -0.3 is 10.0 Å². The Balaban J connectivity index is 2.38. The predicted octanol–water partition coefficient (Wildman–Crippen LogP) is 2.56. The summed E-state index contributed by atoms with van der Waals surface area (Å²) in [5.41, 5.74) is 1.15. The van der Waals surface area contributed by atoms with Crippen LogP contribution in [0.4, 0.5) is 0 Å². The van der Waals surface area contributed by atoms with Crippen LogP contribution in [0.25, 0.3) is 10.9 Å². The number of rotatable bonds is 5. The van der Waals surface area contributed by atoms with Gasteiger partial charge in [-0.25, -0.2) is 0 Å². The number of carboxylic acid groups (broad SMARTS) is 1. The second-order valence-electron chi connectivity index (χ2n) is 4.92. The highest BCUT2D eigenvalue weighted by Crippen LogP contribution is 2.19. The van der Waals surface area contributed by atoms with Gasteiger partial charge in [0.05, 0.1) is 17.5 Å². The van der Waals surface area contributed by atoms with Gasteiger partial charge in [-0.05, 0) is 26.0 Å². The quantitative estimate of drug-likeness (QED) is 0.917. The second kappa shape index (κ2) is 6.35. The largest absolute Gasteiger partial charge is 0.481 e. The van der Waals surface area contributed by atoms with E-state index in [9.17, 15) is 9.59 Å². The molecule has 1 heterocycles. The zero-order valence-corrected chi connectivity index (χ0v) is 12.1. The van der Waals surface area contributed by atoms with Gasteiger partial charge in [-0.3, -0.25) is 14.6 Å².